The lowest BCUT2D eigenvalue weighted by Gasteiger charge is -2.15. The summed E-state index contributed by atoms with van der Waals surface area (Å²) < 4.78 is 53.7. The van der Waals surface area contributed by atoms with E-state index in [1.54, 1.807) is 0 Å². The summed E-state index contributed by atoms with van der Waals surface area (Å²) in [5.41, 5.74) is -0.131. The van der Waals surface area contributed by atoms with Crippen LogP contribution in [-0.2, 0) is 4.79 Å². The Kier molecular flexibility index (Phi) is 6.01. The van der Waals surface area contributed by atoms with Crippen molar-refractivity contribution in [2.75, 3.05) is 13.7 Å². The van der Waals surface area contributed by atoms with E-state index in [4.69, 9.17) is 5.26 Å². The first-order valence-electron chi connectivity index (χ1n) is 6.13. The van der Waals surface area contributed by atoms with E-state index in [2.05, 4.69) is 15.0 Å². The summed E-state index contributed by atoms with van der Waals surface area (Å²) in [6.45, 7) is -1.58. The molecule has 124 valence electrons. The van der Waals surface area contributed by atoms with Gasteiger partial charge in [0.25, 0.3) is 0 Å². The largest absolute Gasteiger partial charge is 0.471 e. The van der Waals surface area contributed by atoms with Crippen molar-refractivity contribution in [3.63, 3.8) is 0 Å². The number of pyridine rings is 1. The molecule has 0 aliphatic rings. The third-order valence-electron chi connectivity index (χ3n) is 2.65. The highest BCUT2D eigenvalue weighted by molar-refractivity contribution is 6.11. The second kappa shape index (κ2) is 7.53. The van der Waals surface area contributed by atoms with Crippen LogP contribution in [0.3, 0.4) is 0 Å². The lowest BCUT2D eigenvalue weighted by Crippen LogP contribution is -2.34. The normalized spacial score (nSPS) is 12.4. The molecule has 1 atom stereocenters. The molecular formula is C13H11F4N3O3. The van der Waals surface area contributed by atoms with Crippen LogP contribution in [0.5, 0.6) is 5.88 Å². The number of alkyl halides is 4. The Morgan fingerprint density at radius 2 is 2.09 bits per heavy atom. The average Bonchev–Trinajstić information content (AvgIpc) is 2.53. The number of ether oxygens (including phenoxy) is 1. The van der Waals surface area contributed by atoms with Gasteiger partial charge in [-0.25, -0.2) is 13.8 Å². The van der Waals surface area contributed by atoms with E-state index in [-0.39, 0.29) is 5.56 Å². The number of ketones is 1. The maximum absolute atomic E-state index is 12.7. The molecule has 1 heterocycles. The molecule has 0 aromatic carbocycles. The Labute approximate surface area is 128 Å². The lowest BCUT2D eigenvalue weighted by molar-refractivity contribution is -0.148. The van der Waals surface area contributed by atoms with Crippen LogP contribution in [0, 0.1) is 17.2 Å². The standard InChI is InChI=1S/C13H11F4N3O3/c1-19-11(22)8(4-18)10(21)7-2-3-9(20-5-7)23-6-13(16,17)12(14)15/h2-3,5,8,12H,6H2,1H3,(H,19,22)/t8-/m1/s1. The fraction of sp³-hybridized carbons (Fsp3) is 0.385. The van der Waals surface area contributed by atoms with Crippen LogP contribution in [-0.4, -0.2) is 42.7 Å². The summed E-state index contributed by atoms with van der Waals surface area (Å²) in [6, 6.07) is 3.59. The zero-order valence-corrected chi connectivity index (χ0v) is 11.7. The molecule has 1 amide bonds. The summed E-state index contributed by atoms with van der Waals surface area (Å²) in [5.74, 6) is -7.98. The molecule has 1 N–H and O–H groups in total. The van der Waals surface area contributed by atoms with Crippen molar-refractivity contribution in [3.05, 3.63) is 23.9 Å². The molecule has 0 spiro atoms. The number of nitrogens with zero attached hydrogens (tertiary/aromatic N) is 2. The van der Waals surface area contributed by atoms with Crippen LogP contribution < -0.4 is 10.1 Å². The van der Waals surface area contributed by atoms with Gasteiger partial charge in [-0.2, -0.15) is 14.0 Å². The lowest BCUT2D eigenvalue weighted by atomic mass is 9.99. The van der Waals surface area contributed by atoms with Crippen LogP contribution in [0.4, 0.5) is 17.6 Å². The van der Waals surface area contributed by atoms with Crippen molar-refractivity contribution in [3.8, 4) is 11.9 Å². The Morgan fingerprint density at radius 1 is 1.43 bits per heavy atom. The molecule has 23 heavy (non-hydrogen) atoms. The van der Waals surface area contributed by atoms with Crippen LogP contribution in [0.25, 0.3) is 0 Å². The minimum Gasteiger partial charge on any atom is -0.471 e. The number of hydrogen-bond acceptors (Lipinski definition) is 5. The molecule has 0 unspecified atom stereocenters. The Balaban J connectivity index is 2.79. The van der Waals surface area contributed by atoms with E-state index >= 15 is 0 Å². The molecule has 0 aliphatic heterocycles. The second-order valence-corrected chi connectivity index (χ2v) is 4.28. The van der Waals surface area contributed by atoms with Crippen LogP contribution in [0.15, 0.2) is 18.3 Å². The molecular weight excluding hydrogens is 322 g/mol. The van der Waals surface area contributed by atoms with Gasteiger partial charge in [-0.1, -0.05) is 0 Å². The van der Waals surface area contributed by atoms with Gasteiger partial charge in [-0.15, -0.1) is 0 Å². The number of rotatable bonds is 7. The van der Waals surface area contributed by atoms with Crippen molar-refractivity contribution in [1.82, 2.24) is 10.3 Å². The van der Waals surface area contributed by atoms with Gasteiger partial charge in [0.1, 0.15) is 0 Å². The number of amides is 1. The fourth-order valence-corrected chi connectivity index (χ4v) is 1.39. The zero-order chi connectivity index (χ0) is 17.6. The number of Topliss-reactive ketones (excluding diaryl/α,β-unsaturated/α-hetero) is 1. The molecule has 0 saturated heterocycles. The zero-order valence-electron chi connectivity index (χ0n) is 11.7. The van der Waals surface area contributed by atoms with Gasteiger partial charge in [-0.05, 0) is 6.07 Å². The van der Waals surface area contributed by atoms with Gasteiger partial charge in [-0.3, -0.25) is 9.59 Å². The van der Waals surface area contributed by atoms with Gasteiger partial charge < -0.3 is 10.1 Å². The summed E-state index contributed by atoms with van der Waals surface area (Å²) in [6.07, 6.45) is -2.99. The van der Waals surface area contributed by atoms with Gasteiger partial charge in [0.05, 0.1) is 6.07 Å². The van der Waals surface area contributed by atoms with E-state index in [9.17, 15) is 27.2 Å². The third kappa shape index (κ3) is 4.64. The highest BCUT2D eigenvalue weighted by atomic mass is 19.3. The van der Waals surface area contributed by atoms with Crippen LogP contribution in [0.1, 0.15) is 10.4 Å². The maximum Gasteiger partial charge on any atom is 0.340 e. The molecule has 6 nitrogen and oxygen atoms in total. The first-order chi connectivity index (χ1) is 10.7. The summed E-state index contributed by atoms with van der Waals surface area (Å²) in [7, 11) is 1.25. The minimum absolute atomic E-state index is 0.131. The quantitative estimate of drug-likeness (QED) is 0.463. The van der Waals surface area contributed by atoms with Crippen LogP contribution in [0.2, 0.25) is 0 Å². The fourth-order valence-electron chi connectivity index (χ4n) is 1.39. The Morgan fingerprint density at radius 3 is 2.52 bits per heavy atom. The third-order valence-corrected chi connectivity index (χ3v) is 2.65. The Bertz CT molecular complexity index is 614. The van der Waals surface area contributed by atoms with Gasteiger partial charge >= 0.3 is 12.3 Å². The van der Waals surface area contributed by atoms with E-state index in [1.165, 1.54) is 13.1 Å². The summed E-state index contributed by atoms with van der Waals surface area (Å²) in [4.78, 5) is 26.8. The van der Waals surface area contributed by atoms with E-state index in [0.717, 1.165) is 18.3 Å². The topological polar surface area (TPSA) is 92.1 Å². The predicted molar refractivity (Wildman–Crippen MR) is 68.2 cm³/mol. The number of nitriles is 1. The summed E-state index contributed by atoms with van der Waals surface area (Å²) >= 11 is 0. The molecule has 1 aromatic rings. The van der Waals surface area contributed by atoms with Gasteiger partial charge in [0, 0.05) is 24.9 Å². The highest BCUT2D eigenvalue weighted by Crippen LogP contribution is 2.23. The number of halogens is 4. The predicted octanol–water partition coefficient (Wildman–Crippen LogP) is 1.43. The van der Waals surface area contributed by atoms with Gasteiger partial charge in [0.2, 0.25) is 11.8 Å². The van der Waals surface area contributed by atoms with E-state index < -0.39 is 42.4 Å². The van der Waals surface area contributed by atoms with Crippen molar-refractivity contribution in [2.45, 2.75) is 12.3 Å². The monoisotopic (exact) mass is 333 g/mol. The summed E-state index contributed by atoms with van der Waals surface area (Å²) in [5, 5.41) is 11.0. The molecule has 10 heteroatoms. The number of nitrogens with one attached hydrogen (secondary N) is 1. The molecule has 0 bridgehead atoms. The van der Waals surface area contributed by atoms with Crippen molar-refractivity contribution in [1.29, 1.82) is 5.26 Å². The first-order valence-corrected chi connectivity index (χ1v) is 6.13. The maximum atomic E-state index is 12.7. The minimum atomic E-state index is -4.33. The molecule has 1 rings (SSSR count). The SMILES string of the molecule is CNC(=O)[C@H](C#N)C(=O)c1ccc(OCC(F)(F)C(F)F)nc1. The number of aromatic nitrogens is 1. The van der Waals surface area contributed by atoms with E-state index in [1.807, 2.05) is 0 Å². The number of carbonyl (C=O) groups excluding carboxylic acids is 2. The smallest absolute Gasteiger partial charge is 0.340 e. The second-order valence-electron chi connectivity index (χ2n) is 4.28. The molecule has 0 radical (unpaired) electrons. The Hall–Kier alpha value is -2.70. The van der Waals surface area contributed by atoms with Crippen molar-refractivity contribution < 1.29 is 31.9 Å². The number of carbonyl (C=O) groups is 2. The molecule has 1 aromatic heterocycles. The first kappa shape index (κ1) is 18.3. The average molecular weight is 333 g/mol. The van der Waals surface area contributed by atoms with E-state index in [0.29, 0.717) is 0 Å². The molecule has 0 aliphatic carbocycles. The van der Waals surface area contributed by atoms with Crippen molar-refractivity contribution in [2.24, 2.45) is 5.92 Å². The molecule has 0 saturated carbocycles. The van der Waals surface area contributed by atoms with Crippen molar-refractivity contribution >= 4 is 11.7 Å². The van der Waals surface area contributed by atoms with Gasteiger partial charge in [0.15, 0.2) is 18.3 Å². The highest BCUT2D eigenvalue weighted by Gasteiger charge is 2.41. The number of hydrogen-bond donors (Lipinski definition) is 1. The van der Waals surface area contributed by atoms with Crippen LogP contribution >= 0.6 is 0 Å². The molecule has 0 fully saturated rings.